The molecular weight excluding hydrogens is 366 g/mol. The predicted octanol–water partition coefficient (Wildman–Crippen LogP) is 3.10. The van der Waals surface area contributed by atoms with Crippen LogP contribution in [0.3, 0.4) is 0 Å². The predicted molar refractivity (Wildman–Crippen MR) is 113 cm³/mol. The minimum absolute atomic E-state index is 0.0590. The van der Waals surface area contributed by atoms with Crippen LogP contribution in [0.25, 0.3) is 10.8 Å². The van der Waals surface area contributed by atoms with Crippen molar-refractivity contribution in [1.82, 2.24) is 15.2 Å². The molecular formula is C23H25N3O3. The van der Waals surface area contributed by atoms with Crippen molar-refractivity contribution in [2.45, 2.75) is 18.9 Å². The highest BCUT2D eigenvalue weighted by molar-refractivity contribution is 5.96. The number of hydrogen-bond acceptors (Lipinski definition) is 4. The largest absolute Gasteiger partial charge is 0.497 e. The van der Waals surface area contributed by atoms with Crippen LogP contribution in [-0.2, 0) is 0 Å². The third-order valence-corrected chi connectivity index (χ3v) is 5.51. The van der Waals surface area contributed by atoms with Crippen LogP contribution in [0.2, 0.25) is 0 Å². The number of nitrogens with one attached hydrogen (secondary N) is 2. The number of methoxy groups -OCH3 is 1. The Labute approximate surface area is 169 Å². The third-order valence-electron chi connectivity index (χ3n) is 5.51. The Morgan fingerprint density at radius 3 is 2.72 bits per heavy atom. The van der Waals surface area contributed by atoms with Crippen LogP contribution in [-0.4, -0.2) is 42.5 Å². The normalized spacial score (nSPS) is 15.3. The summed E-state index contributed by atoms with van der Waals surface area (Å²) in [5.41, 5.74) is 1.13. The topological polar surface area (TPSA) is 74.4 Å². The van der Waals surface area contributed by atoms with E-state index in [1.807, 2.05) is 36.4 Å². The van der Waals surface area contributed by atoms with Gasteiger partial charge in [-0.05, 0) is 61.1 Å². The molecule has 1 aromatic heterocycles. The van der Waals surface area contributed by atoms with Gasteiger partial charge in [-0.25, -0.2) is 0 Å². The van der Waals surface area contributed by atoms with Gasteiger partial charge in [0.05, 0.1) is 13.2 Å². The number of aromatic amines is 1. The first-order valence-electron chi connectivity index (χ1n) is 9.94. The van der Waals surface area contributed by atoms with E-state index in [4.69, 9.17) is 4.74 Å². The third kappa shape index (κ3) is 4.17. The molecule has 1 fully saturated rings. The van der Waals surface area contributed by atoms with Crippen molar-refractivity contribution in [2.24, 2.45) is 0 Å². The Morgan fingerprint density at radius 1 is 1.14 bits per heavy atom. The number of nitrogens with zero attached hydrogens (tertiary/aromatic N) is 1. The number of carbonyl (C=O) groups excluding carboxylic acids is 1. The molecule has 3 aromatic rings. The van der Waals surface area contributed by atoms with Crippen molar-refractivity contribution >= 4 is 16.7 Å². The summed E-state index contributed by atoms with van der Waals surface area (Å²) in [6.45, 7) is 2.47. The second kappa shape index (κ2) is 8.49. The fourth-order valence-electron chi connectivity index (χ4n) is 3.98. The molecule has 6 heteroatoms. The second-order valence-corrected chi connectivity index (χ2v) is 7.34. The number of pyridine rings is 1. The number of likely N-dealkylation sites (tertiary alicyclic amines) is 1. The van der Waals surface area contributed by atoms with E-state index < -0.39 is 0 Å². The lowest BCUT2D eigenvalue weighted by Crippen LogP contribution is -2.37. The molecule has 1 amide bonds. The number of rotatable bonds is 6. The summed E-state index contributed by atoms with van der Waals surface area (Å²) in [5.74, 6) is 0.525. The second-order valence-electron chi connectivity index (χ2n) is 7.34. The van der Waals surface area contributed by atoms with Gasteiger partial charge in [-0.1, -0.05) is 30.3 Å². The summed E-state index contributed by atoms with van der Waals surface area (Å²) in [6.07, 6.45) is 2.32. The smallest absolute Gasteiger partial charge is 0.267 e. The SMILES string of the molecule is COc1cccc(C(CNC(=O)c2cc3ccccc3c(=O)[nH]2)N2CCCC2)c1. The Kier molecular flexibility index (Phi) is 5.62. The Balaban J connectivity index is 1.55. The molecule has 1 aliphatic rings. The minimum Gasteiger partial charge on any atom is -0.497 e. The zero-order valence-electron chi connectivity index (χ0n) is 16.5. The van der Waals surface area contributed by atoms with Gasteiger partial charge in [-0.2, -0.15) is 0 Å². The van der Waals surface area contributed by atoms with E-state index in [1.54, 1.807) is 19.2 Å². The number of fused-ring (bicyclic) bond motifs is 1. The monoisotopic (exact) mass is 391 g/mol. The maximum absolute atomic E-state index is 12.8. The molecule has 0 saturated carbocycles. The highest BCUT2D eigenvalue weighted by Crippen LogP contribution is 2.27. The first-order valence-corrected chi connectivity index (χ1v) is 9.94. The number of H-pyrrole nitrogens is 1. The van der Waals surface area contributed by atoms with Crippen LogP contribution in [0.15, 0.2) is 59.4 Å². The fraction of sp³-hybridized carbons (Fsp3) is 0.304. The molecule has 150 valence electrons. The average molecular weight is 391 g/mol. The van der Waals surface area contributed by atoms with E-state index in [1.165, 1.54) is 0 Å². The van der Waals surface area contributed by atoms with Gasteiger partial charge in [0.1, 0.15) is 11.4 Å². The summed E-state index contributed by atoms with van der Waals surface area (Å²) in [6, 6.07) is 17.0. The van der Waals surface area contributed by atoms with Crippen LogP contribution < -0.4 is 15.6 Å². The Morgan fingerprint density at radius 2 is 1.93 bits per heavy atom. The summed E-state index contributed by atoms with van der Waals surface area (Å²) >= 11 is 0. The molecule has 2 heterocycles. The maximum atomic E-state index is 12.8. The summed E-state index contributed by atoms with van der Waals surface area (Å²) in [7, 11) is 1.65. The molecule has 1 atom stereocenters. The van der Waals surface area contributed by atoms with E-state index in [0.29, 0.717) is 11.9 Å². The van der Waals surface area contributed by atoms with E-state index >= 15 is 0 Å². The summed E-state index contributed by atoms with van der Waals surface area (Å²) < 4.78 is 5.37. The van der Waals surface area contributed by atoms with Crippen molar-refractivity contribution in [2.75, 3.05) is 26.7 Å². The molecule has 1 unspecified atom stereocenters. The minimum atomic E-state index is -0.278. The van der Waals surface area contributed by atoms with E-state index in [0.717, 1.165) is 42.6 Å². The van der Waals surface area contributed by atoms with E-state index in [-0.39, 0.29) is 23.2 Å². The molecule has 1 saturated heterocycles. The molecule has 29 heavy (non-hydrogen) atoms. The molecule has 4 rings (SSSR count). The van der Waals surface area contributed by atoms with Crippen molar-refractivity contribution in [3.8, 4) is 5.75 Å². The molecule has 2 N–H and O–H groups in total. The molecule has 0 bridgehead atoms. The van der Waals surface area contributed by atoms with Gasteiger partial charge in [-0.3, -0.25) is 14.5 Å². The van der Waals surface area contributed by atoms with Gasteiger partial charge in [-0.15, -0.1) is 0 Å². The van der Waals surface area contributed by atoms with Gasteiger partial charge in [0.2, 0.25) is 0 Å². The maximum Gasteiger partial charge on any atom is 0.267 e. The van der Waals surface area contributed by atoms with Gasteiger partial charge in [0.25, 0.3) is 11.5 Å². The average Bonchev–Trinajstić information content (AvgIpc) is 3.28. The number of hydrogen-bond donors (Lipinski definition) is 2. The van der Waals surface area contributed by atoms with Gasteiger partial charge in [0.15, 0.2) is 0 Å². The molecule has 2 aromatic carbocycles. The highest BCUT2D eigenvalue weighted by Gasteiger charge is 2.24. The Bertz CT molecular complexity index is 1070. The number of carbonyl (C=O) groups is 1. The zero-order chi connectivity index (χ0) is 20.2. The van der Waals surface area contributed by atoms with Crippen LogP contribution in [0.5, 0.6) is 5.75 Å². The van der Waals surface area contributed by atoms with E-state index in [2.05, 4.69) is 21.3 Å². The summed E-state index contributed by atoms with van der Waals surface area (Å²) in [4.78, 5) is 30.2. The van der Waals surface area contributed by atoms with Crippen molar-refractivity contribution in [1.29, 1.82) is 0 Å². The molecule has 0 radical (unpaired) electrons. The zero-order valence-corrected chi connectivity index (χ0v) is 16.5. The van der Waals surface area contributed by atoms with Crippen LogP contribution >= 0.6 is 0 Å². The van der Waals surface area contributed by atoms with Crippen molar-refractivity contribution < 1.29 is 9.53 Å². The molecule has 0 spiro atoms. The lowest BCUT2D eigenvalue weighted by atomic mass is 10.0. The fourth-order valence-corrected chi connectivity index (χ4v) is 3.98. The van der Waals surface area contributed by atoms with Crippen LogP contribution in [0.4, 0.5) is 0 Å². The summed E-state index contributed by atoms with van der Waals surface area (Å²) in [5, 5.41) is 4.35. The first-order chi connectivity index (χ1) is 14.2. The van der Waals surface area contributed by atoms with E-state index in [9.17, 15) is 9.59 Å². The Hall–Kier alpha value is -3.12. The lowest BCUT2D eigenvalue weighted by molar-refractivity contribution is 0.0933. The highest BCUT2D eigenvalue weighted by atomic mass is 16.5. The van der Waals surface area contributed by atoms with Crippen LogP contribution in [0, 0.1) is 0 Å². The molecule has 6 nitrogen and oxygen atoms in total. The van der Waals surface area contributed by atoms with Crippen molar-refractivity contribution in [3.63, 3.8) is 0 Å². The number of aromatic nitrogens is 1. The van der Waals surface area contributed by atoms with Gasteiger partial charge < -0.3 is 15.0 Å². The van der Waals surface area contributed by atoms with Crippen molar-refractivity contribution in [3.05, 3.63) is 76.2 Å². The van der Waals surface area contributed by atoms with Gasteiger partial charge >= 0.3 is 0 Å². The molecule has 1 aliphatic heterocycles. The number of ether oxygens (including phenoxy) is 1. The first kappa shape index (κ1) is 19.2. The standard InChI is InChI=1S/C23H25N3O3/c1-29-18-9-6-8-17(13-18)21(26-11-4-5-12-26)15-24-23(28)20-14-16-7-2-3-10-19(16)22(27)25-20/h2-3,6-10,13-14,21H,4-5,11-12,15H2,1H3,(H,24,28)(H,25,27). The quantitative estimate of drug-likeness (QED) is 0.677. The number of benzene rings is 2. The number of amides is 1. The lowest BCUT2D eigenvalue weighted by Gasteiger charge is -2.28. The van der Waals surface area contributed by atoms with Gasteiger partial charge in [0, 0.05) is 11.9 Å². The molecule has 0 aliphatic carbocycles. The van der Waals surface area contributed by atoms with Crippen LogP contribution in [0.1, 0.15) is 34.9 Å².